The first-order valence-electron chi connectivity index (χ1n) is 4.71. The third kappa shape index (κ3) is 2.14. The zero-order chi connectivity index (χ0) is 10.9. The fourth-order valence-electron chi connectivity index (χ4n) is 1.32. The van der Waals surface area contributed by atoms with E-state index in [-0.39, 0.29) is 5.91 Å². The van der Waals surface area contributed by atoms with Gasteiger partial charge in [-0.1, -0.05) is 17.5 Å². The molecule has 1 aliphatic carbocycles. The van der Waals surface area contributed by atoms with Crippen LogP contribution in [0.1, 0.15) is 23.2 Å². The van der Waals surface area contributed by atoms with Crippen LogP contribution in [0.4, 0.5) is 0 Å². The van der Waals surface area contributed by atoms with Crippen molar-refractivity contribution in [1.29, 1.82) is 0 Å². The van der Waals surface area contributed by atoms with Gasteiger partial charge in [0.2, 0.25) is 0 Å². The number of amides is 1. The van der Waals surface area contributed by atoms with Crippen molar-refractivity contribution in [3.05, 3.63) is 34.9 Å². The van der Waals surface area contributed by atoms with Crippen molar-refractivity contribution in [1.82, 2.24) is 5.32 Å². The number of hydrogen-bond donors (Lipinski definition) is 1. The van der Waals surface area contributed by atoms with Crippen LogP contribution in [0.3, 0.4) is 0 Å². The van der Waals surface area contributed by atoms with Crippen LogP contribution in [-0.4, -0.2) is 11.4 Å². The molecule has 0 aliphatic heterocycles. The first kappa shape index (κ1) is 10.1. The van der Waals surface area contributed by atoms with Gasteiger partial charge in [-0.25, -0.2) is 0 Å². The lowest BCUT2D eigenvalue weighted by Gasteiger charge is -2.10. The average Bonchev–Trinajstić information content (AvgIpc) is 2.99. The van der Waals surface area contributed by atoms with Crippen molar-refractivity contribution >= 4 is 17.5 Å². The second-order valence-corrected chi connectivity index (χ2v) is 4.12. The van der Waals surface area contributed by atoms with Crippen molar-refractivity contribution in [2.45, 2.75) is 18.4 Å². The summed E-state index contributed by atoms with van der Waals surface area (Å²) < 4.78 is 0. The minimum Gasteiger partial charge on any atom is -0.336 e. The molecule has 0 saturated heterocycles. The second kappa shape index (κ2) is 3.60. The number of nitrogens with one attached hydrogen (secondary N) is 1. The lowest BCUT2D eigenvalue weighted by molar-refractivity contribution is 0.0942. The zero-order valence-electron chi connectivity index (χ0n) is 8.09. The Morgan fingerprint density at radius 1 is 1.40 bits per heavy atom. The number of benzene rings is 1. The van der Waals surface area contributed by atoms with Gasteiger partial charge in [-0.05, 0) is 37.1 Å². The minimum atomic E-state index is -0.392. The lowest BCUT2D eigenvalue weighted by Crippen LogP contribution is -2.35. The van der Waals surface area contributed by atoms with Crippen LogP contribution in [0.15, 0.2) is 24.3 Å². The standard InChI is InChI=1S/C12H10ClNO/c1-2-12(7-8-12)14-11(15)9-3-5-10(13)6-4-9/h1,3-6H,7-8H2,(H,14,15). The van der Waals surface area contributed by atoms with E-state index in [9.17, 15) is 4.79 Å². The van der Waals surface area contributed by atoms with Crippen molar-refractivity contribution in [3.8, 4) is 12.3 Å². The van der Waals surface area contributed by atoms with Crippen LogP contribution >= 0.6 is 11.6 Å². The summed E-state index contributed by atoms with van der Waals surface area (Å²) in [6.07, 6.45) is 7.06. The van der Waals surface area contributed by atoms with Gasteiger partial charge >= 0.3 is 0 Å². The van der Waals surface area contributed by atoms with E-state index in [1.165, 1.54) is 0 Å². The molecule has 1 aliphatic rings. The van der Waals surface area contributed by atoms with Crippen LogP contribution in [0.2, 0.25) is 5.02 Å². The molecule has 1 saturated carbocycles. The predicted molar refractivity (Wildman–Crippen MR) is 59.7 cm³/mol. The maximum Gasteiger partial charge on any atom is 0.252 e. The van der Waals surface area contributed by atoms with Gasteiger partial charge in [0.25, 0.3) is 5.91 Å². The largest absolute Gasteiger partial charge is 0.336 e. The number of rotatable bonds is 2. The monoisotopic (exact) mass is 219 g/mol. The molecule has 76 valence electrons. The molecule has 1 aromatic carbocycles. The highest BCUT2D eigenvalue weighted by Gasteiger charge is 2.42. The van der Waals surface area contributed by atoms with E-state index in [0.29, 0.717) is 10.6 Å². The number of halogens is 1. The lowest BCUT2D eigenvalue weighted by atomic mass is 10.2. The van der Waals surface area contributed by atoms with E-state index in [1.807, 2.05) is 0 Å². The van der Waals surface area contributed by atoms with Crippen molar-refractivity contribution in [3.63, 3.8) is 0 Å². The zero-order valence-corrected chi connectivity index (χ0v) is 8.84. The molecule has 0 bridgehead atoms. The molecule has 0 aromatic heterocycles. The van der Waals surface area contributed by atoms with Gasteiger partial charge < -0.3 is 5.32 Å². The molecule has 3 heteroatoms. The molecule has 1 N–H and O–H groups in total. The second-order valence-electron chi connectivity index (χ2n) is 3.69. The third-order valence-electron chi connectivity index (χ3n) is 2.49. The normalized spacial score (nSPS) is 16.5. The van der Waals surface area contributed by atoms with E-state index in [0.717, 1.165) is 12.8 Å². The van der Waals surface area contributed by atoms with E-state index in [1.54, 1.807) is 24.3 Å². The summed E-state index contributed by atoms with van der Waals surface area (Å²) in [5.41, 5.74) is 0.192. The van der Waals surface area contributed by atoms with Crippen LogP contribution in [0.5, 0.6) is 0 Å². The van der Waals surface area contributed by atoms with Gasteiger partial charge in [-0.15, -0.1) is 6.42 Å². The summed E-state index contributed by atoms with van der Waals surface area (Å²) >= 11 is 5.73. The van der Waals surface area contributed by atoms with E-state index in [2.05, 4.69) is 11.2 Å². The quantitative estimate of drug-likeness (QED) is 0.760. The van der Waals surface area contributed by atoms with E-state index in [4.69, 9.17) is 18.0 Å². The van der Waals surface area contributed by atoms with Crippen molar-refractivity contribution in [2.75, 3.05) is 0 Å². The van der Waals surface area contributed by atoms with Gasteiger partial charge in [0.1, 0.15) is 5.54 Å². The number of hydrogen-bond acceptors (Lipinski definition) is 1. The Morgan fingerprint density at radius 3 is 2.47 bits per heavy atom. The summed E-state index contributed by atoms with van der Waals surface area (Å²) in [5, 5.41) is 3.45. The highest BCUT2D eigenvalue weighted by molar-refractivity contribution is 6.30. The summed E-state index contributed by atoms with van der Waals surface area (Å²) in [7, 11) is 0. The Bertz CT molecular complexity index is 426. The number of carbonyl (C=O) groups excluding carboxylic acids is 1. The van der Waals surface area contributed by atoms with E-state index >= 15 is 0 Å². The molecule has 0 radical (unpaired) electrons. The minimum absolute atomic E-state index is 0.137. The van der Waals surface area contributed by atoms with Crippen LogP contribution in [0, 0.1) is 12.3 Å². The van der Waals surface area contributed by atoms with Gasteiger partial charge in [0.15, 0.2) is 0 Å². The molecule has 1 amide bonds. The van der Waals surface area contributed by atoms with Gasteiger partial charge in [-0.3, -0.25) is 4.79 Å². The van der Waals surface area contributed by atoms with Crippen molar-refractivity contribution in [2.24, 2.45) is 0 Å². The highest BCUT2D eigenvalue weighted by atomic mass is 35.5. The summed E-state index contributed by atoms with van der Waals surface area (Å²) in [4.78, 5) is 11.7. The number of carbonyl (C=O) groups is 1. The predicted octanol–water partition coefficient (Wildman–Crippen LogP) is 2.24. The molecule has 0 atom stereocenters. The van der Waals surface area contributed by atoms with Gasteiger partial charge in [0.05, 0.1) is 0 Å². The smallest absolute Gasteiger partial charge is 0.252 e. The first-order chi connectivity index (χ1) is 7.15. The highest BCUT2D eigenvalue weighted by Crippen LogP contribution is 2.34. The fraction of sp³-hybridized carbons (Fsp3) is 0.250. The maximum absolute atomic E-state index is 11.7. The molecule has 0 unspecified atom stereocenters. The van der Waals surface area contributed by atoms with Crippen molar-refractivity contribution < 1.29 is 4.79 Å². The summed E-state index contributed by atoms with van der Waals surface area (Å²) in [6, 6.07) is 6.74. The van der Waals surface area contributed by atoms with Gasteiger partial charge in [-0.2, -0.15) is 0 Å². The Balaban J connectivity index is 2.09. The molecule has 2 nitrogen and oxygen atoms in total. The van der Waals surface area contributed by atoms with E-state index < -0.39 is 5.54 Å². The SMILES string of the molecule is C#CC1(NC(=O)c2ccc(Cl)cc2)CC1. The molecule has 0 spiro atoms. The molecular weight excluding hydrogens is 210 g/mol. The number of terminal acetylenes is 1. The van der Waals surface area contributed by atoms with Crippen LogP contribution in [0.25, 0.3) is 0 Å². The van der Waals surface area contributed by atoms with Crippen LogP contribution in [-0.2, 0) is 0 Å². The molecule has 0 heterocycles. The Hall–Kier alpha value is -1.46. The Labute approximate surface area is 93.6 Å². The summed E-state index contributed by atoms with van der Waals surface area (Å²) in [5.74, 6) is 2.47. The third-order valence-corrected chi connectivity index (χ3v) is 2.74. The molecule has 1 aromatic rings. The molecule has 1 fully saturated rings. The average molecular weight is 220 g/mol. The summed E-state index contributed by atoms with van der Waals surface area (Å²) in [6.45, 7) is 0. The topological polar surface area (TPSA) is 29.1 Å². The Morgan fingerprint density at radius 2 is 2.00 bits per heavy atom. The van der Waals surface area contributed by atoms with Crippen LogP contribution < -0.4 is 5.32 Å². The first-order valence-corrected chi connectivity index (χ1v) is 5.09. The Kier molecular flexibility index (Phi) is 2.42. The maximum atomic E-state index is 11.7. The molecular formula is C12H10ClNO. The molecule has 2 rings (SSSR count). The molecule has 15 heavy (non-hydrogen) atoms. The van der Waals surface area contributed by atoms with Gasteiger partial charge in [0, 0.05) is 10.6 Å². The fourth-order valence-corrected chi connectivity index (χ4v) is 1.45.